The first kappa shape index (κ1) is 9.47. The molecule has 0 aromatic rings. The van der Waals surface area contributed by atoms with Crippen LogP contribution in [0.1, 0.15) is 0 Å². The molecule has 0 aliphatic rings. The lowest BCUT2D eigenvalue weighted by Gasteiger charge is -1.95. The van der Waals surface area contributed by atoms with Crippen molar-refractivity contribution in [3.8, 4) is 0 Å². The van der Waals surface area contributed by atoms with Crippen LogP contribution in [0.3, 0.4) is 0 Å². The van der Waals surface area contributed by atoms with E-state index in [0.717, 1.165) is 0 Å². The summed E-state index contributed by atoms with van der Waals surface area (Å²) in [5.41, 5.74) is 0. The second-order valence-electron chi connectivity index (χ2n) is 1.19. The van der Waals surface area contributed by atoms with Crippen molar-refractivity contribution in [3.05, 3.63) is 11.1 Å². The molecule has 5 heteroatoms. The topological polar surface area (TPSA) is 0 Å². The van der Waals surface area contributed by atoms with Crippen LogP contribution < -0.4 is 0 Å². The van der Waals surface area contributed by atoms with Crippen LogP contribution >= 0.6 is 34.8 Å². The number of halogens is 5. The van der Waals surface area contributed by atoms with Gasteiger partial charge in [0.2, 0.25) is 0 Å². The maximum absolute atomic E-state index is 11.4. The van der Waals surface area contributed by atoms with Crippen LogP contribution in [-0.2, 0) is 0 Å². The van der Waals surface area contributed by atoms with Gasteiger partial charge in [0.05, 0.1) is 5.03 Å². The third kappa shape index (κ3) is 4.94. The first-order valence-electron chi connectivity index (χ1n) is 1.97. The number of allylic oxidation sites excluding steroid dienone is 2. The van der Waals surface area contributed by atoms with Crippen molar-refractivity contribution in [3.63, 3.8) is 0 Å². The van der Waals surface area contributed by atoms with Gasteiger partial charge in [-0.15, -0.1) is 0 Å². The summed E-state index contributed by atoms with van der Waals surface area (Å²) in [6.45, 7) is 0. The Hall–Kier alpha value is 0.470. The monoisotopic (exact) mass is 194 g/mol. The molecule has 0 saturated heterocycles. The summed E-state index contributed by atoms with van der Waals surface area (Å²) >= 11 is 15.3. The van der Waals surface area contributed by atoms with Crippen LogP contribution in [0.15, 0.2) is 11.1 Å². The van der Waals surface area contributed by atoms with Gasteiger partial charge < -0.3 is 0 Å². The van der Waals surface area contributed by atoms with E-state index in [-0.39, 0.29) is 5.03 Å². The minimum atomic E-state index is -2.60. The molecule has 0 N–H and O–H groups in total. The maximum Gasteiger partial charge on any atom is 0.258 e. The fourth-order valence-electron chi connectivity index (χ4n) is 0.193. The number of alkyl halides is 4. The number of hydrogen-bond donors (Lipinski definition) is 0. The second-order valence-corrected chi connectivity index (χ2v) is 2.72. The average molecular weight is 195 g/mol. The molecule has 0 spiro atoms. The fraction of sp³-hybridized carbons (Fsp3) is 0.500. The standard InChI is InChI=1S/C4H3Cl3F2/c5-2(4(6)7)1-3(8)9/h1,3-4H. The highest BCUT2D eigenvalue weighted by molar-refractivity contribution is 6.52. The van der Waals surface area contributed by atoms with Gasteiger partial charge in [0.15, 0.2) is 0 Å². The highest BCUT2D eigenvalue weighted by Crippen LogP contribution is 2.19. The molecular formula is C4H3Cl3F2. The number of hydrogen-bond acceptors (Lipinski definition) is 0. The molecule has 0 fully saturated rings. The number of rotatable bonds is 2. The average Bonchev–Trinajstić information content (AvgIpc) is 1.63. The Kier molecular flexibility index (Phi) is 4.54. The van der Waals surface area contributed by atoms with Crippen LogP contribution in [0.2, 0.25) is 0 Å². The molecule has 9 heavy (non-hydrogen) atoms. The predicted molar refractivity (Wildman–Crippen MR) is 35.4 cm³/mol. The molecule has 0 aromatic carbocycles. The summed E-state index contributed by atoms with van der Waals surface area (Å²) < 4.78 is 22.7. The van der Waals surface area contributed by atoms with E-state index in [9.17, 15) is 8.78 Å². The Morgan fingerprint density at radius 3 is 1.89 bits per heavy atom. The zero-order valence-corrected chi connectivity index (χ0v) is 6.39. The van der Waals surface area contributed by atoms with Crippen LogP contribution in [0.4, 0.5) is 8.78 Å². The molecule has 0 aliphatic heterocycles. The first-order valence-corrected chi connectivity index (χ1v) is 3.22. The van der Waals surface area contributed by atoms with E-state index in [2.05, 4.69) is 0 Å². The summed E-state index contributed by atoms with van der Waals surface area (Å²) in [6, 6.07) is 0. The van der Waals surface area contributed by atoms with E-state index in [1.165, 1.54) is 0 Å². The molecule has 0 amide bonds. The fourth-order valence-corrected chi connectivity index (χ4v) is 0.434. The van der Waals surface area contributed by atoms with Crippen molar-refractivity contribution in [2.45, 2.75) is 11.3 Å². The predicted octanol–water partition coefficient (Wildman–Crippen LogP) is 3.18. The van der Waals surface area contributed by atoms with Crippen LogP contribution in [0.25, 0.3) is 0 Å². The van der Waals surface area contributed by atoms with Crippen LogP contribution in [-0.4, -0.2) is 11.3 Å². The Labute approximate surface area is 66.4 Å². The van der Waals surface area contributed by atoms with Crippen LogP contribution in [0.5, 0.6) is 0 Å². The molecule has 0 heterocycles. The van der Waals surface area contributed by atoms with E-state index in [1.54, 1.807) is 0 Å². The van der Waals surface area contributed by atoms with Gasteiger partial charge in [-0.3, -0.25) is 0 Å². The van der Waals surface area contributed by atoms with Gasteiger partial charge in [-0.1, -0.05) is 34.8 Å². The Bertz CT molecular complexity index is 110. The van der Waals surface area contributed by atoms with E-state index in [0.29, 0.717) is 6.08 Å². The van der Waals surface area contributed by atoms with Gasteiger partial charge in [-0.05, 0) is 6.08 Å². The van der Waals surface area contributed by atoms with Crippen molar-refractivity contribution < 1.29 is 8.78 Å². The molecular weight excluding hydrogens is 192 g/mol. The van der Waals surface area contributed by atoms with E-state index in [1.807, 2.05) is 0 Å². The largest absolute Gasteiger partial charge is 0.258 e. The lowest BCUT2D eigenvalue weighted by molar-refractivity contribution is 0.203. The van der Waals surface area contributed by atoms with Crippen molar-refractivity contribution in [2.75, 3.05) is 0 Å². The second kappa shape index (κ2) is 4.31. The molecule has 0 bridgehead atoms. The summed E-state index contributed by atoms with van der Waals surface area (Å²) in [7, 11) is 0. The Morgan fingerprint density at radius 1 is 1.33 bits per heavy atom. The van der Waals surface area contributed by atoms with Gasteiger partial charge in [0.1, 0.15) is 4.84 Å². The summed E-state index contributed by atoms with van der Waals surface area (Å²) in [4.78, 5) is -1.05. The van der Waals surface area contributed by atoms with E-state index < -0.39 is 11.3 Å². The third-order valence-electron chi connectivity index (χ3n) is 0.494. The minimum absolute atomic E-state index is 0.242. The Balaban J connectivity index is 3.84. The zero-order valence-electron chi connectivity index (χ0n) is 4.12. The minimum Gasteiger partial charge on any atom is -0.206 e. The van der Waals surface area contributed by atoms with Crippen LogP contribution in [0, 0.1) is 0 Å². The summed E-state index contributed by atoms with van der Waals surface area (Å²) in [5, 5.41) is -0.242. The molecule has 0 atom stereocenters. The van der Waals surface area contributed by atoms with Gasteiger partial charge >= 0.3 is 0 Å². The lowest BCUT2D eigenvalue weighted by atomic mass is 10.5. The highest BCUT2D eigenvalue weighted by atomic mass is 35.5. The first-order chi connectivity index (χ1) is 4.04. The molecule has 0 aliphatic carbocycles. The highest BCUT2D eigenvalue weighted by Gasteiger charge is 2.06. The molecule has 0 rings (SSSR count). The van der Waals surface area contributed by atoms with Crippen molar-refractivity contribution >= 4 is 34.8 Å². The van der Waals surface area contributed by atoms with Gasteiger partial charge in [-0.25, -0.2) is 8.78 Å². The summed E-state index contributed by atoms with van der Waals surface area (Å²) in [5.74, 6) is 0. The van der Waals surface area contributed by atoms with E-state index >= 15 is 0 Å². The third-order valence-corrected chi connectivity index (χ3v) is 1.53. The van der Waals surface area contributed by atoms with Gasteiger partial charge in [-0.2, -0.15) is 0 Å². The van der Waals surface area contributed by atoms with Gasteiger partial charge in [0.25, 0.3) is 6.43 Å². The molecule has 0 radical (unpaired) electrons. The maximum atomic E-state index is 11.4. The SMILES string of the molecule is FC(F)C=C(Cl)C(Cl)Cl. The quantitative estimate of drug-likeness (QED) is 0.594. The van der Waals surface area contributed by atoms with Gasteiger partial charge in [0, 0.05) is 0 Å². The molecule has 0 unspecified atom stereocenters. The van der Waals surface area contributed by atoms with E-state index in [4.69, 9.17) is 34.8 Å². The molecule has 0 aromatic heterocycles. The lowest BCUT2D eigenvalue weighted by Crippen LogP contribution is -1.90. The van der Waals surface area contributed by atoms with Crippen molar-refractivity contribution in [2.24, 2.45) is 0 Å². The summed E-state index contributed by atoms with van der Waals surface area (Å²) in [6.07, 6.45) is -2.11. The van der Waals surface area contributed by atoms with Crippen molar-refractivity contribution in [1.82, 2.24) is 0 Å². The zero-order chi connectivity index (χ0) is 7.44. The molecule has 0 nitrogen and oxygen atoms in total. The smallest absolute Gasteiger partial charge is 0.206 e. The van der Waals surface area contributed by atoms with Crippen molar-refractivity contribution in [1.29, 1.82) is 0 Å². The Morgan fingerprint density at radius 2 is 1.78 bits per heavy atom. The normalized spacial score (nSPS) is 13.4. The molecule has 0 saturated carbocycles. The molecule has 54 valence electrons.